The summed E-state index contributed by atoms with van der Waals surface area (Å²) in [6.45, 7) is 0.932. The Kier molecular flexibility index (Phi) is 9.25. The van der Waals surface area contributed by atoms with Gasteiger partial charge in [-0.15, -0.1) is 0 Å². The molecular formula is C28H31ClO15. The molecule has 0 saturated carbocycles. The zero-order valence-corrected chi connectivity index (χ0v) is 23.9. The molecule has 2 aliphatic heterocycles. The molecule has 0 aliphatic carbocycles. The molecular weight excluding hydrogens is 612 g/mol. The van der Waals surface area contributed by atoms with Crippen LogP contribution in [0, 0.1) is 0 Å². The predicted molar refractivity (Wildman–Crippen MR) is 148 cm³/mol. The summed E-state index contributed by atoms with van der Waals surface area (Å²) in [5.41, 5.74) is -0.762. The summed E-state index contributed by atoms with van der Waals surface area (Å²) in [4.78, 5) is 13.0. The van der Waals surface area contributed by atoms with E-state index in [1.807, 2.05) is 0 Å². The van der Waals surface area contributed by atoms with Crippen molar-refractivity contribution in [1.82, 2.24) is 0 Å². The number of ether oxygens (including phenoxy) is 5. The molecule has 8 N–H and O–H groups in total. The largest absolute Gasteiger partial charge is 0.507 e. The van der Waals surface area contributed by atoms with Crippen LogP contribution in [0.15, 0.2) is 39.5 Å². The number of methoxy groups -OCH3 is 1. The van der Waals surface area contributed by atoms with Crippen molar-refractivity contribution in [3.63, 3.8) is 0 Å². The minimum atomic E-state index is -1.80. The van der Waals surface area contributed by atoms with Crippen molar-refractivity contribution >= 4 is 22.6 Å². The van der Waals surface area contributed by atoms with E-state index < -0.39 is 79.2 Å². The molecule has 0 bridgehead atoms. The Morgan fingerprint density at radius 2 is 1.52 bits per heavy atom. The highest BCUT2D eigenvalue weighted by Gasteiger charge is 2.47. The van der Waals surface area contributed by atoms with Gasteiger partial charge in [0.2, 0.25) is 11.7 Å². The first-order valence-electron chi connectivity index (χ1n) is 13.4. The average molecular weight is 643 g/mol. The minimum absolute atomic E-state index is 0.137. The molecule has 0 unspecified atom stereocenters. The van der Waals surface area contributed by atoms with Crippen molar-refractivity contribution < 1.29 is 69.0 Å². The van der Waals surface area contributed by atoms with E-state index in [0.29, 0.717) is 0 Å². The van der Waals surface area contributed by atoms with Gasteiger partial charge in [-0.25, -0.2) is 0 Å². The van der Waals surface area contributed by atoms with Crippen LogP contribution in [0.5, 0.6) is 23.0 Å². The van der Waals surface area contributed by atoms with Crippen LogP contribution in [0.25, 0.3) is 22.3 Å². The second-order valence-electron chi connectivity index (χ2n) is 10.4. The van der Waals surface area contributed by atoms with Crippen molar-refractivity contribution in [3.8, 4) is 34.3 Å². The molecule has 3 aromatic rings. The molecule has 15 nitrogen and oxygen atoms in total. The number of halogens is 1. The maximum atomic E-state index is 13.0. The van der Waals surface area contributed by atoms with Gasteiger partial charge in [0.15, 0.2) is 23.5 Å². The molecule has 2 saturated heterocycles. The molecule has 1 aromatic heterocycles. The van der Waals surface area contributed by atoms with Gasteiger partial charge >= 0.3 is 0 Å². The highest BCUT2D eigenvalue weighted by Crippen LogP contribution is 2.38. The first-order chi connectivity index (χ1) is 20.8. The maximum absolute atomic E-state index is 13.0. The van der Waals surface area contributed by atoms with E-state index in [-0.39, 0.29) is 44.6 Å². The second-order valence-corrected chi connectivity index (χ2v) is 10.8. The highest BCUT2D eigenvalue weighted by atomic mass is 35.5. The van der Waals surface area contributed by atoms with E-state index in [2.05, 4.69) is 0 Å². The van der Waals surface area contributed by atoms with Gasteiger partial charge < -0.3 is 69.0 Å². The number of aromatic hydroxyl groups is 2. The predicted octanol–water partition coefficient (Wildman–Crippen LogP) is -0.436. The van der Waals surface area contributed by atoms with Crippen molar-refractivity contribution in [2.45, 2.75) is 68.3 Å². The van der Waals surface area contributed by atoms with Crippen LogP contribution in [0.3, 0.4) is 0 Å². The minimum Gasteiger partial charge on any atom is -0.507 e. The summed E-state index contributed by atoms with van der Waals surface area (Å²) in [5.74, 6) is -1.01. The number of benzene rings is 2. The van der Waals surface area contributed by atoms with E-state index in [1.165, 1.54) is 38.3 Å². The number of rotatable bonds is 7. The Morgan fingerprint density at radius 3 is 2.20 bits per heavy atom. The van der Waals surface area contributed by atoms with E-state index in [9.17, 15) is 45.6 Å². The highest BCUT2D eigenvalue weighted by molar-refractivity contribution is 6.33. The summed E-state index contributed by atoms with van der Waals surface area (Å²) < 4.78 is 32.9. The van der Waals surface area contributed by atoms with Gasteiger partial charge in [0.25, 0.3) is 0 Å². The van der Waals surface area contributed by atoms with Gasteiger partial charge in [0, 0.05) is 17.7 Å². The topological polar surface area (TPSA) is 238 Å². The monoisotopic (exact) mass is 642 g/mol. The van der Waals surface area contributed by atoms with Crippen molar-refractivity contribution in [3.05, 3.63) is 45.6 Å². The standard InChI is InChI=1S/C28H31ClO15/c1-9-19(32)22(35)24(37)27(41-9)40-8-16-20(33)23(36)25(38)28(44-16)42-11-6-13(31)17-15(7-11)43-26(18(29)21(17)34)10-3-4-14(39-2)12(30)5-10/h3-7,9,16,19-20,22-25,27-28,30-33,35-38H,8H2,1-2H3/t9-,16+,19-,20+,22+,23-,24+,25+,27+,28+/m0/s1. The molecule has 0 spiro atoms. The zero-order valence-electron chi connectivity index (χ0n) is 23.2. The van der Waals surface area contributed by atoms with Crippen LogP contribution in [0.1, 0.15) is 6.92 Å². The fourth-order valence-electron chi connectivity index (χ4n) is 4.96. The lowest BCUT2D eigenvalue weighted by molar-refractivity contribution is -0.318. The third-order valence-corrected chi connectivity index (χ3v) is 7.83. The van der Waals surface area contributed by atoms with Crippen molar-refractivity contribution in [1.29, 1.82) is 0 Å². The van der Waals surface area contributed by atoms with Gasteiger partial charge in [0.05, 0.1) is 19.8 Å². The van der Waals surface area contributed by atoms with Crippen LogP contribution in [0.2, 0.25) is 5.02 Å². The smallest absolute Gasteiger partial charge is 0.229 e. The lowest BCUT2D eigenvalue weighted by Gasteiger charge is -2.42. The normalized spacial score (nSPS) is 32.5. The fourth-order valence-corrected chi connectivity index (χ4v) is 5.21. The summed E-state index contributed by atoms with van der Waals surface area (Å²) in [6, 6.07) is 6.39. The van der Waals surface area contributed by atoms with Crippen LogP contribution < -0.4 is 14.9 Å². The molecule has 240 valence electrons. The Balaban J connectivity index is 1.39. The fraction of sp³-hybridized carbons (Fsp3) is 0.464. The van der Waals surface area contributed by atoms with Crippen molar-refractivity contribution in [2.75, 3.05) is 13.7 Å². The number of fused-ring (bicyclic) bond motifs is 1. The molecule has 2 aromatic carbocycles. The molecule has 44 heavy (non-hydrogen) atoms. The number of aliphatic hydroxyl groups is 6. The molecule has 2 aliphatic rings. The van der Waals surface area contributed by atoms with Gasteiger partial charge in [-0.1, -0.05) is 11.6 Å². The number of phenolic OH excluding ortho intramolecular Hbond substituents is 2. The van der Waals surface area contributed by atoms with Gasteiger partial charge in [-0.05, 0) is 25.1 Å². The van der Waals surface area contributed by atoms with Crippen LogP contribution in [-0.4, -0.2) is 116 Å². The average Bonchev–Trinajstić information content (AvgIpc) is 2.99. The number of phenols is 2. The molecule has 10 atom stereocenters. The first kappa shape index (κ1) is 32.2. The SMILES string of the molecule is COc1ccc(-c2oc3cc(O[C@@H]4O[C@H](CO[C@@H]5O[C@@H](C)[C@H](O)[C@@H](O)[C@H]5O)[C@@H](O)[C@H](O)[C@H]4O)cc(O)c3c(=O)c2Cl)cc1O. The Bertz CT molecular complexity index is 1560. The lowest BCUT2D eigenvalue weighted by Crippen LogP contribution is -2.61. The van der Waals surface area contributed by atoms with Crippen LogP contribution in [-0.2, 0) is 14.2 Å². The Hall–Kier alpha value is -3.22. The Labute approximate surface area is 253 Å². The van der Waals surface area contributed by atoms with E-state index in [4.69, 9.17) is 39.7 Å². The van der Waals surface area contributed by atoms with Crippen molar-refractivity contribution in [2.24, 2.45) is 0 Å². The summed E-state index contributed by atoms with van der Waals surface area (Å²) in [7, 11) is 1.36. The molecule has 0 amide bonds. The third-order valence-electron chi connectivity index (χ3n) is 7.49. The maximum Gasteiger partial charge on any atom is 0.229 e. The third kappa shape index (κ3) is 5.91. The second kappa shape index (κ2) is 12.6. The van der Waals surface area contributed by atoms with E-state index in [1.54, 1.807) is 0 Å². The van der Waals surface area contributed by atoms with E-state index >= 15 is 0 Å². The summed E-state index contributed by atoms with van der Waals surface area (Å²) in [6.07, 6.45) is -15.2. The quantitative estimate of drug-likeness (QED) is 0.163. The van der Waals surface area contributed by atoms with Crippen LogP contribution >= 0.6 is 11.6 Å². The summed E-state index contributed by atoms with van der Waals surface area (Å²) in [5, 5.41) is 81.7. The lowest BCUT2D eigenvalue weighted by atomic mass is 9.98. The molecule has 0 radical (unpaired) electrons. The molecule has 3 heterocycles. The Morgan fingerprint density at radius 1 is 0.841 bits per heavy atom. The molecule has 5 rings (SSSR count). The summed E-state index contributed by atoms with van der Waals surface area (Å²) >= 11 is 6.25. The number of aliphatic hydroxyl groups excluding tert-OH is 6. The van der Waals surface area contributed by atoms with E-state index in [0.717, 1.165) is 6.07 Å². The zero-order chi connectivity index (χ0) is 32.0. The van der Waals surface area contributed by atoms with Gasteiger partial charge in [0.1, 0.15) is 70.2 Å². The first-order valence-corrected chi connectivity index (χ1v) is 13.7. The number of hydrogen-bond donors (Lipinski definition) is 8. The van der Waals surface area contributed by atoms with Gasteiger partial charge in [-0.2, -0.15) is 0 Å². The van der Waals surface area contributed by atoms with Crippen LogP contribution in [0.4, 0.5) is 0 Å². The number of hydrogen-bond acceptors (Lipinski definition) is 15. The molecule has 16 heteroatoms. The molecule has 2 fully saturated rings. The van der Waals surface area contributed by atoms with Gasteiger partial charge in [-0.3, -0.25) is 4.79 Å².